The van der Waals surface area contributed by atoms with Crippen molar-refractivity contribution in [1.29, 1.82) is 0 Å². The summed E-state index contributed by atoms with van der Waals surface area (Å²) in [6.07, 6.45) is 0. The van der Waals surface area contributed by atoms with E-state index in [2.05, 4.69) is 77.8 Å². The van der Waals surface area contributed by atoms with E-state index < -0.39 is 0 Å². The van der Waals surface area contributed by atoms with Crippen molar-refractivity contribution in [2.45, 2.75) is 52.6 Å². The van der Waals surface area contributed by atoms with Gasteiger partial charge in [0.1, 0.15) is 0 Å². The van der Waals surface area contributed by atoms with Crippen molar-refractivity contribution >= 4 is 34.9 Å². The van der Waals surface area contributed by atoms with Crippen LogP contribution in [0.1, 0.15) is 41.5 Å². The molecule has 7 nitrogen and oxygen atoms in total. The Hall–Kier alpha value is -3.35. The molecule has 0 unspecified atom stereocenters. The molecular formula is C23H31N7. The van der Waals surface area contributed by atoms with Crippen LogP contribution in [-0.2, 0) is 0 Å². The van der Waals surface area contributed by atoms with Gasteiger partial charge in [-0.05, 0) is 65.8 Å². The summed E-state index contributed by atoms with van der Waals surface area (Å²) in [7, 11) is 0. The zero-order valence-corrected chi connectivity index (χ0v) is 18.5. The Labute approximate surface area is 178 Å². The molecular weight excluding hydrogens is 374 g/mol. The molecule has 158 valence electrons. The van der Waals surface area contributed by atoms with E-state index in [9.17, 15) is 0 Å². The lowest BCUT2D eigenvalue weighted by Crippen LogP contribution is -2.30. The van der Waals surface area contributed by atoms with Gasteiger partial charge in [-0.3, -0.25) is 0 Å². The molecule has 0 aliphatic carbocycles. The predicted molar refractivity (Wildman–Crippen MR) is 126 cm³/mol. The second kappa shape index (κ2) is 8.57. The van der Waals surface area contributed by atoms with Crippen LogP contribution in [0.4, 0.5) is 34.9 Å². The average molecular weight is 406 g/mol. The first-order valence-electron chi connectivity index (χ1n) is 10.1. The second-order valence-electron chi connectivity index (χ2n) is 9.22. The third kappa shape index (κ3) is 6.62. The fourth-order valence-corrected chi connectivity index (χ4v) is 2.71. The molecule has 0 atom stereocenters. The Morgan fingerprint density at radius 1 is 0.533 bits per heavy atom. The van der Waals surface area contributed by atoms with Crippen LogP contribution < -0.4 is 21.3 Å². The van der Waals surface area contributed by atoms with E-state index in [0.29, 0.717) is 17.8 Å². The highest BCUT2D eigenvalue weighted by Gasteiger charge is 2.17. The molecule has 1 aromatic heterocycles. The van der Waals surface area contributed by atoms with Gasteiger partial charge >= 0.3 is 0 Å². The van der Waals surface area contributed by atoms with E-state index in [1.165, 1.54) is 0 Å². The second-order valence-corrected chi connectivity index (χ2v) is 9.22. The Kier molecular flexibility index (Phi) is 6.10. The molecule has 30 heavy (non-hydrogen) atoms. The van der Waals surface area contributed by atoms with Crippen molar-refractivity contribution in [2.75, 3.05) is 21.3 Å². The molecule has 3 rings (SSSR count). The first-order chi connectivity index (χ1) is 14.1. The van der Waals surface area contributed by atoms with E-state index in [4.69, 9.17) is 0 Å². The van der Waals surface area contributed by atoms with E-state index in [-0.39, 0.29) is 11.1 Å². The van der Waals surface area contributed by atoms with E-state index in [1.54, 1.807) is 0 Å². The SMILES string of the molecule is CC(C)(C)Nc1nc(Nc2ccccc2Nc2ccccc2)nc(NC(C)(C)C)n1. The maximum atomic E-state index is 4.58. The number of rotatable bonds is 6. The maximum absolute atomic E-state index is 4.58. The van der Waals surface area contributed by atoms with E-state index >= 15 is 0 Å². The van der Waals surface area contributed by atoms with Gasteiger partial charge in [-0.15, -0.1) is 0 Å². The smallest absolute Gasteiger partial charge is 0.233 e. The summed E-state index contributed by atoms with van der Waals surface area (Å²) < 4.78 is 0. The number of anilines is 6. The zero-order chi connectivity index (χ0) is 21.8. The standard InChI is InChI=1S/C23H31N7/c1-22(2,3)29-20-26-19(27-21(28-20)30-23(4,5)6)25-18-15-11-10-14-17(18)24-16-12-8-7-9-13-16/h7-15,24H,1-6H3,(H3,25,26,27,28,29,30). The quantitative estimate of drug-likeness (QED) is 0.413. The largest absolute Gasteiger partial charge is 0.354 e. The van der Waals surface area contributed by atoms with Crippen molar-refractivity contribution in [3.63, 3.8) is 0 Å². The highest BCUT2D eigenvalue weighted by molar-refractivity contribution is 5.77. The number of nitrogens with zero attached hydrogens (tertiary/aromatic N) is 3. The highest BCUT2D eigenvalue weighted by atomic mass is 15.3. The third-order valence-electron chi connectivity index (χ3n) is 3.84. The molecule has 1 heterocycles. The van der Waals surface area contributed by atoms with Gasteiger partial charge in [0.2, 0.25) is 17.8 Å². The van der Waals surface area contributed by atoms with Crippen molar-refractivity contribution < 1.29 is 0 Å². The maximum Gasteiger partial charge on any atom is 0.233 e. The molecule has 0 bridgehead atoms. The lowest BCUT2D eigenvalue weighted by molar-refractivity contribution is 0.617. The minimum atomic E-state index is -0.176. The monoisotopic (exact) mass is 405 g/mol. The predicted octanol–water partition coefficient (Wildman–Crippen LogP) is 5.78. The molecule has 0 saturated heterocycles. The number of hydrogen-bond donors (Lipinski definition) is 4. The molecule has 0 radical (unpaired) electrons. The lowest BCUT2D eigenvalue weighted by Gasteiger charge is -2.24. The Morgan fingerprint density at radius 3 is 1.47 bits per heavy atom. The molecule has 7 heteroatoms. The fraction of sp³-hybridized carbons (Fsp3) is 0.348. The van der Waals surface area contributed by atoms with Gasteiger partial charge in [-0.2, -0.15) is 15.0 Å². The van der Waals surface area contributed by atoms with Crippen LogP contribution in [0.15, 0.2) is 54.6 Å². The highest BCUT2D eigenvalue weighted by Crippen LogP contribution is 2.28. The Balaban J connectivity index is 1.92. The molecule has 0 fully saturated rings. The number of nitrogens with one attached hydrogen (secondary N) is 4. The molecule has 0 amide bonds. The van der Waals surface area contributed by atoms with Gasteiger partial charge in [0.25, 0.3) is 0 Å². The summed E-state index contributed by atoms with van der Waals surface area (Å²) in [5, 5.41) is 13.4. The number of hydrogen-bond acceptors (Lipinski definition) is 7. The van der Waals surface area contributed by atoms with Gasteiger partial charge < -0.3 is 21.3 Å². The Bertz CT molecular complexity index is 939. The van der Waals surface area contributed by atoms with Crippen LogP contribution in [0.5, 0.6) is 0 Å². The number of para-hydroxylation sites is 3. The van der Waals surface area contributed by atoms with Crippen molar-refractivity contribution in [3.05, 3.63) is 54.6 Å². The molecule has 3 aromatic rings. The van der Waals surface area contributed by atoms with Gasteiger partial charge in [0.05, 0.1) is 11.4 Å². The van der Waals surface area contributed by atoms with Gasteiger partial charge in [0, 0.05) is 16.8 Å². The lowest BCUT2D eigenvalue weighted by atomic mass is 10.1. The fourth-order valence-electron chi connectivity index (χ4n) is 2.71. The van der Waals surface area contributed by atoms with Crippen molar-refractivity contribution in [2.24, 2.45) is 0 Å². The molecule has 4 N–H and O–H groups in total. The van der Waals surface area contributed by atoms with Crippen LogP contribution in [0, 0.1) is 0 Å². The van der Waals surface area contributed by atoms with E-state index in [1.807, 2.05) is 54.6 Å². The summed E-state index contributed by atoms with van der Waals surface area (Å²) in [6.45, 7) is 12.4. The summed E-state index contributed by atoms with van der Waals surface area (Å²) in [4.78, 5) is 13.7. The molecule has 0 aliphatic rings. The topological polar surface area (TPSA) is 86.8 Å². The first-order valence-corrected chi connectivity index (χ1v) is 10.1. The molecule has 2 aromatic carbocycles. The van der Waals surface area contributed by atoms with Gasteiger partial charge in [-0.25, -0.2) is 0 Å². The normalized spacial score (nSPS) is 11.7. The van der Waals surface area contributed by atoms with Crippen LogP contribution in [0.3, 0.4) is 0 Å². The summed E-state index contributed by atoms with van der Waals surface area (Å²) in [6, 6.07) is 18.0. The minimum Gasteiger partial charge on any atom is -0.354 e. The average Bonchev–Trinajstić information content (AvgIpc) is 2.61. The van der Waals surface area contributed by atoms with Crippen molar-refractivity contribution in [1.82, 2.24) is 15.0 Å². The summed E-state index contributed by atoms with van der Waals surface area (Å²) in [5.41, 5.74) is 2.46. The first kappa shape index (κ1) is 21.4. The zero-order valence-electron chi connectivity index (χ0n) is 18.5. The van der Waals surface area contributed by atoms with Crippen LogP contribution in [0.25, 0.3) is 0 Å². The number of aromatic nitrogens is 3. The minimum absolute atomic E-state index is 0.176. The van der Waals surface area contributed by atoms with Crippen LogP contribution in [-0.4, -0.2) is 26.0 Å². The molecule has 0 aliphatic heterocycles. The molecule has 0 saturated carbocycles. The van der Waals surface area contributed by atoms with Crippen molar-refractivity contribution in [3.8, 4) is 0 Å². The number of benzene rings is 2. The van der Waals surface area contributed by atoms with Gasteiger partial charge in [0.15, 0.2) is 0 Å². The van der Waals surface area contributed by atoms with Crippen LogP contribution in [0.2, 0.25) is 0 Å². The van der Waals surface area contributed by atoms with Gasteiger partial charge in [-0.1, -0.05) is 30.3 Å². The summed E-state index contributed by atoms with van der Waals surface area (Å²) >= 11 is 0. The van der Waals surface area contributed by atoms with E-state index in [0.717, 1.165) is 17.1 Å². The Morgan fingerprint density at radius 2 is 0.967 bits per heavy atom. The summed E-state index contributed by atoms with van der Waals surface area (Å²) in [5.74, 6) is 1.49. The molecule has 0 spiro atoms. The third-order valence-corrected chi connectivity index (χ3v) is 3.84. The van der Waals surface area contributed by atoms with Crippen LogP contribution >= 0.6 is 0 Å².